The second kappa shape index (κ2) is 16.1. The highest BCUT2D eigenvalue weighted by Gasteiger charge is 2.85. The molecule has 1 aromatic carbocycles. The van der Waals surface area contributed by atoms with Crippen molar-refractivity contribution in [3.63, 3.8) is 0 Å². The molecule has 11 nitrogen and oxygen atoms in total. The quantitative estimate of drug-likeness (QED) is 0.179. The number of hydrogen-bond acceptors (Lipinski definition) is 8. The number of carbonyl (C=O) groups excluding carboxylic acids is 5. The summed E-state index contributed by atoms with van der Waals surface area (Å²) < 4.78 is 28.8. The number of fused-ring (bicyclic) bond motifs is 1. The Morgan fingerprint density at radius 2 is 1.55 bits per heavy atom. The highest BCUT2D eigenvalue weighted by atomic mass is 32.2. The van der Waals surface area contributed by atoms with Crippen LogP contribution in [0, 0.1) is 44.3 Å². The molecule has 7 atom stereocenters. The van der Waals surface area contributed by atoms with E-state index in [2.05, 4.69) is 49.2 Å². The van der Waals surface area contributed by atoms with Crippen molar-refractivity contribution < 1.29 is 32.4 Å². The number of carbonyl (C=O) groups is 5. The maximum Gasteiger partial charge on any atom is 0.240 e. The Labute approximate surface area is 359 Å². The largest absolute Gasteiger partial charge is 0.344 e. The predicted octanol–water partition coefficient (Wildman–Crippen LogP) is 7.00. The van der Waals surface area contributed by atoms with Crippen LogP contribution in [0.2, 0.25) is 0 Å². The number of nitrogens with one attached hydrogen (secondary N) is 2. The summed E-state index contributed by atoms with van der Waals surface area (Å²) in [6.45, 7) is 25.4. The first-order valence-electron chi connectivity index (χ1n) is 22.4. The number of piperidine rings is 1. The van der Waals surface area contributed by atoms with E-state index in [1.54, 1.807) is 41.3 Å². The van der Waals surface area contributed by atoms with Crippen LogP contribution >= 0.6 is 0 Å². The summed E-state index contributed by atoms with van der Waals surface area (Å²) in [4.78, 5) is 76.6. The fourth-order valence-electron chi connectivity index (χ4n) is 12.0. The molecule has 0 radical (unpaired) electrons. The van der Waals surface area contributed by atoms with Crippen molar-refractivity contribution in [3.8, 4) is 0 Å². The van der Waals surface area contributed by atoms with Crippen LogP contribution in [0.25, 0.3) is 0 Å². The van der Waals surface area contributed by atoms with E-state index in [1.807, 2.05) is 41.5 Å². The first kappa shape index (κ1) is 46.1. The van der Waals surface area contributed by atoms with E-state index in [-0.39, 0.29) is 76.7 Å². The molecule has 3 aliphatic carbocycles. The lowest BCUT2D eigenvalue weighted by atomic mass is 9.73. The summed E-state index contributed by atoms with van der Waals surface area (Å²) in [5.74, 6) is -3.19. The van der Waals surface area contributed by atoms with Gasteiger partial charge in [0.1, 0.15) is 0 Å². The fourth-order valence-corrected chi connectivity index (χ4v) is 13.1. The lowest BCUT2D eigenvalue weighted by Gasteiger charge is -2.40. The highest BCUT2D eigenvalue weighted by Crippen LogP contribution is 2.88. The van der Waals surface area contributed by atoms with E-state index in [4.69, 9.17) is 0 Å². The number of sulfonamides is 1. The molecular formula is C48H72N4O7S. The summed E-state index contributed by atoms with van der Waals surface area (Å²) in [5, 5.41) is 3.15. The molecule has 2 aliphatic heterocycles. The summed E-state index contributed by atoms with van der Waals surface area (Å²) in [6, 6.07) is 6.80. The van der Waals surface area contributed by atoms with Gasteiger partial charge in [-0.25, -0.2) is 8.42 Å². The molecule has 2 saturated heterocycles. The molecule has 2 spiro atoms. The monoisotopic (exact) mass is 849 g/mol. The molecule has 3 saturated carbocycles. The normalized spacial score (nSPS) is 29.4. The van der Waals surface area contributed by atoms with Gasteiger partial charge in [-0.2, -0.15) is 0 Å². The van der Waals surface area contributed by atoms with E-state index in [0.29, 0.717) is 18.5 Å². The topological polar surface area (TPSA) is 150 Å². The van der Waals surface area contributed by atoms with Gasteiger partial charge >= 0.3 is 0 Å². The van der Waals surface area contributed by atoms with Crippen LogP contribution in [-0.4, -0.2) is 84.8 Å². The molecule has 332 valence electrons. The van der Waals surface area contributed by atoms with Gasteiger partial charge in [0.05, 0.1) is 29.3 Å². The SMILES string of the molecule is C=C[C@@H]1C[C@]1(CC(=O)[C@@H]1C[C@@]2(CN1C(=O)[C@@H](CC(=O)[C@@H](NC(=O)[C@@H]1CCCCN1C(C)C)C(C)(C)C)C(C)(C)C)C(C)(C)C21CCC1)C(=O)NS(=O)(=O)Cc1ccccc1. The molecule has 1 aromatic rings. The molecule has 2 N–H and O–H groups in total. The van der Waals surface area contributed by atoms with Crippen LogP contribution in [0.3, 0.4) is 0 Å². The van der Waals surface area contributed by atoms with Gasteiger partial charge in [0.2, 0.25) is 27.7 Å². The predicted molar refractivity (Wildman–Crippen MR) is 234 cm³/mol. The van der Waals surface area contributed by atoms with Gasteiger partial charge in [0.25, 0.3) is 0 Å². The average Bonchev–Trinajstić information content (AvgIpc) is 3.86. The van der Waals surface area contributed by atoms with Gasteiger partial charge in [0.15, 0.2) is 11.6 Å². The summed E-state index contributed by atoms with van der Waals surface area (Å²) in [5.41, 5.74) is -2.46. The molecule has 60 heavy (non-hydrogen) atoms. The number of hydrogen-bond donors (Lipinski definition) is 2. The number of nitrogens with zero attached hydrogens (tertiary/aromatic N) is 2. The van der Waals surface area contributed by atoms with Gasteiger partial charge in [-0.3, -0.25) is 33.6 Å². The molecule has 0 unspecified atom stereocenters. The molecule has 6 rings (SSSR count). The minimum Gasteiger partial charge on any atom is -0.344 e. The van der Waals surface area contributed by atoms with Crippen molar-refractivity contribution in [2.75, 3.05) is 13.1 Å². The highest BCUT2D eigenvalue weighted by molar-refractivity contribution is 7.89. The fraction of sp³-hybridized carbons (Fsp3) is 0.729. The standard InChI is InChI=1S/C48H72N4O7S/c1-12-33-26-46(33,42(57)50-60(58,59)29-32-19-14-13-15-20-32)28-38(54)36-27-48(45(10,11)47(48)22-18-23-47)30-52(36)41(56)34(43(4,5)6)25-37(53)39(44(7,8)9)49-40(55)35-21-16-17-24-51(35)31(2)3/h12-15,19-20,31,33-36,39H,1,16-18,21-30H2,2-11H3,(H,49,55)(H,50,57)/t33-,34-,35+,36+,39-,46-,48-/m1/s1. The lowest BCUT2D eigenvalue weighted by molar-refractivity contribution is -0.147. The number of benzene rings is 1. The summed E-state index contributed by atoms with van der Waals surface area (Å²) in [6.07, 6.45) is 7.87. The van der Waals surface area contributed by atoms with Crippen LogP contribution in [0.5, 0.6) is 0 Å². The Morgan fingerprint density at radius 3 is 2.07 bits per heavy atom. The number of rotatable bonds is 15. The van der Waals surface area contributed by atoms with Gasteiger partial charge < -0.3 is 10.2 Å². The van der Waals surface area contributed by atoms with Crippen LogP contribution in [-0.2, 0) is 39.7 Å². The first-order chi connectivity index (χ1) is 27.8. The molecule has 5 aliphatic rings. The number of amides is 3. The van der Waals surface area contributed by atoms with Crippen LogP contribution in [0.1, 0.15) is 139 Å². The summed E-state index contributed by atoms with van der Waals surface area (Å²) >= 11 is 0. The van der Waals surface area contributed by atoms with Crippen molar-refractivity contribution in [1.29, 1.82) is 0 Å². The lowest BCUT2D eigenvalue weighted by Crippen LogP contribution is -2.58. The molecule has 12 heteroatoms. The van der Waals surface area contributed by atoms with Crippen molar-refractivity contribution in [1.82, 2.24) is 19.8 Å². The van der Waals surface area contributed by atoms with Gasteiger partial charge in [-0.05, 0) is 92.1 Å². The maximum absolute atomic E-state index is 15.3. The maximum atomic E-state index is 15.3. The van der Waals surface area contributed by atoms with Gasteiger partial charge in [-0.1, -0.05) is 105 Å². The molecule has 3 amide bonds. The molecule has 0 bridgehead atoms. The smallest absolute Gasteiger partial charge is 0.240 e. The van der Waals surface area contributed by atoms with E-state index >= 15 is 4.79 Å². The molecule has 0 aromatic heterocycles. The first-order valence-corrected chi connectivity index (χ1v) is 24.1. The zero-order valence-corrected chi connectivity index (χ0v) is 38.8. The average molecular weight is 849 g/mol. The third-order valence-corrected chi connectivity index (χ3v) is 17.2. The second-order valence-electron chi connectivity index (χ2n) is 22.1. The number of likely N-dealkylation sites (tertiary alicyclic amines) is 2. The van der Waals surface area contributed by atoms with Gasteiger partial charge in [0, 0.05) is 36.8 Å². The number of Topliss-reactive ketones (excluding diaryl/α,β-unsaturated/α-hetero) is 2. The number of ketones is 2. The van der Waals surface area contributed by atoms with Crippen LogP contribution in [0.15, 0.2) is 43.0 Å². The zero-order chi connectivity index (χ0) is 44.4. The number of allylic oxidation sites excluding steroid dienone is 1. The zero-order valence-electron chi connectivity index (χ0n) is 38.0. The van der Waals surface area contributed by atoms with Crippen molar-refractivity contribution in [2.45, 2.75) is 163 Å². The molecular weight excluding hydrogens is 777 g/mol. The Kier molecular flexibility index (Phi) is 12.4. The Morgan fingerprint density at radius 1 is 0.900 bits per heavy atom. The third kappa shape index (κ3) is 8.17. The van der Waals surface area contributed by atoms with Crippen molar-refractivity contribution in [2.24, 2.45) is 44.3 Å². The minimum absolute atomic E-state index is 0.00895. The summed E-state index contributed by atoms with van der Waals surface area (Å²) in [7, 11) is -4.07. The van der Waals surface area contributed by atoms with Crippen molar-refractivity contribution in [3.05, 3.63) is 48.6 Å². The Hall–Kier alpha value is -3.38. The molecule has 2 heterocycles. The minimum atomic E-state index is -4.07. The third-order valence-electron chi connectivity index (χ3n) is 16.0. The van der Waals surface area contributed by atoms with E-state index < -0.39 is 56.1 Å². The van der Waals surface area contributed by atoms with E-state index in [0.717, 1.165) is 45.1 Å². The Bertz CT molecular complexity index is 1980. The second-order valence-corrected chi connectivity index (χ2v) is 23.8. The Balaban J connectivity index is 1.26. The van der Waals surface area contributed by atoms with Crippen LogP contribution in [0.4, 0.5) is 0 Å². The van der Waals surface area contributed by atoms with E-state index in [1.165, 1.54) is 0 Å². The van der Waals surface area contributed by atoms with Crippen LogP contribution < -0.4 is 10.0 Å². The van der Waals surface area contributed by atoms with Crippen molar-refractivity contribution >= 4 is 39.3 Å². The molecule has 5 fully saturated rings. The van der Waals surface area contributed by atoms with E-state index in [9.17, 15) is 27.6 Å². The van der Waals surface area contributed by atoms with Gasteiger partial charge in [-0.15, -0.1) is 6.58 Å².